The Labute approximate surface area is 242 Å². The highest BCUT2D eigenvalue weighted by molar-refractivity contribution is 5.99. The van der Waals surface area contributed by atoms with Crippen molar-refractivity contribution in [1.82, 2.24) is 9.13 Å². The van der Waals surface area contributed by atoms with E-state index >= 15 is 0 Å². The van der Waals surface area contributed by atoms with Gasteiger partial charge in [0.2, 0.25) is 12.7 Å². The normalized spacial score (nSPS) is 14.7. The second kappa shape index (κ2) is 11.7. The average molecular weight is 568 g/mol. The van der Waals surface area contributed by atoms with Crippen LogP contribution in [-0.4, -0.2) is 27.6 Å². The highest BCUT2D eigenvalue weighted by Crippen LogP contribution is 2.32. The number of carbonyl (C=O) groups is 2. The number of Topliss-reactive ketones (excluding diaryl/α,β-unsaturated/α-hetero) is 1. The number of carbonyl (C=O) groups excluding carboxylic acids is 2. The molecular formula is C33H33N3O6. The number of benzene rings is 3. The van der Waals surface area contributed by atoms with Crippen LogP contribution in [0.25, 0.3) is 10.9 Å². The second-order valence-corrected chi connectivity index (χ2v) is 11.2. The first-order chi connectivity index (χ1) is 20.4. The van der Waals surface area contributed by atoms with Crippen LogP contribution in [0.4, 0.5) is 5.69 Å². The van der Waals surface area contributed by atoms with Gasteiger partial charge in [-0.15, -0.1) is 0 Å². The van der Waals surface area contributed by atoms with Crippen molar-refractivity contribution in [3.8, 4) is 11.5 Å². The zero-order valence-electron chi connectivity index (χ0n) is 23.6. The summed E-state index contributed by atoms with van der Waals surface area (Å²) in [5, 5.41) is 3.09. The van der Waals surface area contributed by atoms with E-state index in [2.05, 4.69) is 5.32 Å². The number of fused-ring (bicyclic) bond motifs is 2. The van der Waals surface area contributed by atoms with Crippen molar-refractivity contribution < 1.29 is 19.1 Å². The largest absolute Gasteiger partial charge is 0.454 e. The van der Waals surface area contributed by atoms with Gasteiger partial charge in [-0.2, -0.15) is 0 Å². The molecule has 9 heteroatoms. The molecule has 9 nitrogen and oxygen atoms in total. The Bertz CT molecular complexity index is 1780. The van der Waals surface area contributed by atoms with E-state index in [1.165, 1.54) is 11.0 Å². The van der Waals surface area contributed by atoms with Crippen LogP contribution >= 0.6 is 0 Å². The minimum atomic E-state index is -0.638. The molecule has 0 atom stereocenters. The van der Waals surface area contributed by atoms with E-state index in [-0.39, 0.29) is 36.6 Å². The summed E-state index contributed by atoms with van der Waals surface area (Å²) in [7, 11) is 0. The second-order valence-electron chi connectivity index (χ2n) is 11.2. The molecule has 1 aliphatic heterocycles. The topological polar surface area (TPSA) is 109 Å². The number of aromatic nitrogens is 2. The average Bonchev–Trinajstić information content (AvgIpc) is 3.47. The number of ketones is 1. The minimum absolute atomic E-state index is 0.0172. The van der Waals surface area contributed by atoms with Gasteiger partial charge in [0, 0.05) is 17.7 Å². The quantitative estimate of drug-likeness (QED) is 0.299. The van der Waals surface area contributed by atoms with Crippen LogP contribution in [0.3, 0.4) is 0 Å². The fraction of sp³-hybridized carbons (Fsp3) is 0.333. The zero-order chi connectivity index (χ0) is 29.2. The van der Waals surface area contributed by atoms with Crippen molar-refractivity contribution in [1.29, 1.82) is 0 Å². The Kier molecular flexibility index (Phi) is 7.65. The maximum atomic E-state index is 13.9. The van der Waals surface area contributed by atoms with Gasteiger partial charge in [-0.1, -0.05) is 61.9 Å². The fourth-order valence-corrected chi connectivity index (χ4v) is 5.86. The Morgan fingerprint density at radius 3 is 2.43 bits per heavy atom. The van der Waals surface area contributed by atoms with Gasteiger partial charge < -0.3 is 14.8 Å². The summed E-state index contributed by atoms with van der Waals surface area (Å²) in [4.78, 5) is 54.0. The third kappa shape index (κ3) is 5.72. The summed E-state index contributed by atoms with van der Waals surface area (Å²) in [5.74, 6) is 1.05. The highest BCUT2D eigenvalue weighted by Gasteiger charge is 2.22. The van der Waals surface area contributed by atoms with Crippen LogP contribution in [-0.2, 0) is 17.9 Å². The SMILES string of the molecule is Cc1ccc(NC(=O)Cn2c(=O)n(Cc3ccc4c(c3)OCO4)c(=O)c3ccc(C(=O)CC4CCCCC4)cc32)cc1. The lowest BCUT2D eigenvalue weighted by atomic mass is 9.85. The van der Waals surface area contributed by atoms with Crippen LogP contribution in [0.2, 0.25) is 0 Å². The molecule has 2 aliphatic rings. The summed E-state index contributed by atoms with van der Waals surface area (Å²) >= 11 is 0. The number of rotatable bonds is 8. The molecule has 0 spiro atoms. The minimum Gasteiger partial charge on any atom is -0.454 e. The molecule has 42 heavy (non-hydrogen) atoms. The molecule has 216 valence electrons. The van der Waals surface area contributed by atoms with Gasteiger partial charge >= 0.3 is 5.69 Å². The summed E-state index contributed by atoms with van der Waals surface area (Å²) in [6.45, 7) is 1.71. The van der Waals surface area contributed by atoms with Crippen molar-refractivity contribution in [2.45, 2.75) is 58.5 Å². The van der Waals surface area contributed by atoms with Gasteiger partial charge in [0.25, 0.3) is 5.56 Å². The van der Waals surface area contributed by atoms with Crippen LogP contribution in [0.1, 0.15) is 60.0 Å². The molecule has 1 aliphatic carbocycles. The Morgan fingerprint density at radius 2 is 1.64 bits per heavy atom. The molecule has 0 radical (unpaired) electrons. The molecule has 0 saturated heterocycles. The van der Waals surface area contributed by atoms with Crippen LogP contribution in [0, 0.1) is 12.8 Å². The Hall–Kier alpha value is -4.66. The lowest BCUT2D eigenvalue weighted by Crippen LogP contribution is -2.42. The van der Waals surface area contributed by atoms with Crippen LogP contribution in [0.15, 0.2) is 70.3 Å². The lowest BCUT2D eigenvalue weighted by Gasteiger charge is -2.21. The van der Waals surface area contributed by atoms with E-state index in [1.807, 2.05) is 19.1 Å². The third-order valence-electron chi connectivity index (χ3n) is 8.16. The summed E-state index contributed by atoms with van der Waals surface area (Å²) < 4.78 is 13.2. The van der Waals surface area contributed by atoms with E-state index in [0.29, 0.717) is 40.7 Å². The monoisotopic (exact) mass is 567 g/mol. The third-order valence-corrected chi connectivity index (χ3v) is 8.16. The van der Waals surface area contributed by atoms with Gasteiger partial charge in [0.05, 0.1) is 17.4 Å². The first-order valence-electron chi connectivity index (χ1n) is 14.4. The summed E-state index contributed by atoms with van der Waals surface area (Å²) in [6, 6.07) is 17.4. The van der Waals surface area contributed by atoms with Crippen LogP contribution < -0.4 is 26.0 Å². The van der Waals surface area contributed by atoms with Crippen molar-refractivity contribution in [2.24, 2.45) is 5.92 Å². The molecular weight excluding hydrogens is 534 g/mol. The summed E-state index contributed by atoms with van der Waals surface area (Å²) in [5.41, 5.74) is 1.90. The van der Waals surface area contributed by atoms with Crippen molar-refractivity contribution in [3.63, 3.8) is 0 Å². The molecule has 1 aromatic heterocycles. The number of hydrogen-bond acceptors (Lipinski definition) is 6. The molecule has 2 heterocycles. The predicted molar refractivity (Wildman–Crippen MR) is 159 cm³/mol. The number of ether oxygens (including phenoxy) is 2. The molecule has 0 unspecified atom stereocenters. The standard InChI is InChI=1S/C33H33N3O6/c1-21-7-11-25(12-8-21)34-31(38)19-35-27-17-24(28(37)15-22-5-3-2-4-6-22)10-13-26(27)32(39)36(33(35)40)18-23-9-14-29-30(16-23)42-20-41-29/h7-14,16-17,22H,2-6,15,18-20H2,1H3,(H,34,38). The Morgan fingerprint density at radius 1 is 0.881 bits per heavy atom. The van der Waals surface area contributed by atoms with E-state index < -0.39 is 17.2 Å². The molecule has 4 aromatic rings. The lowest BCUT2D eigenvalue weighted by molar-refractivity contribution is -0.116. The predicted octanol–water partition coefficient (Wildman–Crippen LogP) is 5.04. The van der Waals surface area contributed by atoms with Gasteiger partial charge in [-0.25, -0.2) is 4.79 Å². The van der Waals surface area contributed by atoms with Crippen molar-refractivity contribution in [2.75, 3.05) is 12.1 Å². The van der Waals surface area contributed by atoms with E-state index in [4.69, 9.17) is 9.47 Å². The fourth-order valence-electron chi connectivity index (χ4n) is 5.86. The first-order valence-corrected chi connectivity index (χ1v) is 14.4. The molecule has 1 saturated carbocycles. The van der Waals surface area contributed by atoms with Gasteiger partial charge in [-0.3, -0.25) is 23.5 Å². The van der Waals surface area contributed by atoms with E-state index in [1.54, 1.807) is 48.5 Å². The van der Waals surface area contributed by atoms with Gasteiger partial charge in [0.15, 0.2) is 17.3 Å². The highest BCUT2D eigenvalue weighted by atomic mass is 16.7. The first kappa shape index (κ1) is 27.5. The van der Waals surface area contributed by atoms with Crippen LogP contribution in [0.5, 0.6) is 11.5 Å². The summed E-state index contributed by atoms with van der Waals surface area (Å²) in [6.07, 6.45) is 5.98. The number of hydrogen-bond donors (Lipinski definition) is 1. The zero-order valence-corrected chi connectivity index (χ0v) is 23.6. The molecule has 0 bridgehead atoms. The number of aryl methyl sites for hydroxylation is 1. The maximum Gasteiger partial charge on any atom is 0.332 e. The molecule has 6 rings (SSSR count). The number of anilines is 1. The molecule has 1 fully saturated rings. The smallest absolute Gasteiger partial charge is 0.332 e. The maximum absolute atomic E-state index is 13.9. The van der Waals surface area contributed by atoms with Crippen molar-refractivity contribution in [3.05, 3.63) is 98.2 Å². The molecule has 1 N–H and O–H groups in total. The van der Waals surface area contributed by atoms with Gasteiger partial charge in [-0.05, 0) is 54.8 Å². The number of amides is 1. The molecule has 1 amide bonds. The van der Waals surface area contributed by atoms with E-state index in [9.17, 15) is 19.2 Å². The Balaban J connectivity index is 1.38. The number of nitrogens with zero attached hydrogens (tertiary/aromatic N) is 2. The van der Waals surface area contributed by atoms with Crippen molar-refractivity contribution >= 4 is 28.3 Å². The van der Waals surface area contributed by atoms with Gasteiger partial charge in [0.1, 0.15) is 6.54 Å². The van der Waals surface area contributed by atoms with E-state index in [0.717, 1.165) is 35.8 Å². The number of nitrogens with one attached hydrogen (secondary N) is 1. The molecule has 3 aromatic carbocycles.